The Hall–Kier alpha value is -2.57. The predicted octanol–water partition coefficient (Wildman–Crippen LogP) is 1.05. The van der Waals surface area contributed by atoms with E-state index in [4.69, 9.17) is 0 Å². The van der Waals surface area contributed by atoms with E-state index in [2.05, 4.69) is 15.3 Å². The first-order valence-electron chi connectivity index (χ1n) is 7.45. The third-order valence-corrected chi connectivity index (χ3v) is 3.81. The van der Waals surface area contributed by atoms with Crippen LogP contribution in [0.2, 0.25) is 0 Å². The molecule has 0 bridgehead atoms. The molecule has 0 aromatic carbocycles. The van der Waals surface area contributed by atoms with Crippen LogP contribution in [0.3, 0.4) is 0 Å². The van der Waals surface area contributed by atoms with E-state index < -0.39 is 0 Å². The zero-order chi connectivity index (χ0) is 15.5. The Morgan fingerprint density at radius 1 is 1.18 bits per heavy atom. The van der Waals surface area contributed by atoms with Crippen molar-refractivity contribution in [2.24, 2.45) is 0 Å². The molecule has 3 amide bonds. The lowest BCUT2D eigenvalue weighted by Crippen LogP contribution is -2.53. The minimum atomic E-state index is -0.0907. The van der Waals surface area contributed by atoms with Gasteiger partial charge in [-0.25, -0.2) is 9.78 Å². The van der Waals surface area contributed by atoms with Crippen LogP contribution >= 0.6 is 0 Å². The number of carbonyl (C=O) groups excluding carboxylic acids is 2. The van der Waals surface area contributed by atoms with Crippen LogP contribution in [0, 0.1) is 0 Å². The van der Waals surface area contributed by atoms with Gasteiger partial charge in [0.15, 0.2) is 0 Å². The summed E-state index contributed by atoms with van der Waals surface area (Å²) in [5.41, 5.74) is 1.15. The monoisotopic (exact) mass is 301 g/mol. The fraction of sp³-hybridized carbons (Fsp3) is 0.400. The van der Waals surface area contributed by atoms with E-state index in [1.54, 1.807) is 22.1 Å². The number of fused-ring (bicyclic) bond motifs is 1. The molecule has 1 aliphatic heterocycles. The van der Waals surface area contributed by atoms with Crippen molar-refractivity contribution >= 4 is 23.0 Å². The number of pyridine rings is 1. The summed E-state index contributed by atoms with van der Waals surface area (Å²) in [7, 11) is 0. The highest BCUT2D eigenvalue weighted by Gasteiger charge is 2.25. The molecule has 1 fully saturated rings. The Bertz CT molecular complexity index is 688. The molecule has 2 aromatic rings. The Kier molecular flexibility index (Phi) is 3.95. The average Bonchev–Trinajstić information content (AvgIpc) is 3.02. The van der Waals surface area contributed by atoms with Crippen molar-refractivity contribution < 1.29 is 9.59 Å². The number of aromatic amines is 1. The van der Waals surface area contributed by atoms with Gasteiger partial charge in [0.05, 0.1) is 0 Å². The number of nitrogens with zero attached hydrogens (tertiary/aromatic N) is 3. The maximum absolute atomic E-state index is 12.5. The molecular formula is C15H19N5O2. The van der Waals surface area contributed by atoms with E-state index >= 15 is 0 Å². The summed E-state index contributed by atoms with van der Waals surface area (Å²) in [6, 6.07) is 5.48. The highest BCUT2D eigenvalue weighted by molar-refractivity contribution is 5.94. The van der Waals surface area contributed by atoms with Crippen LogP contribution in [0.1, 0.15) is 17.4 Å². The molecule has 3 rings (SSSR count). The third-order valence-electron chi connectivity index (χ3n) is 3.81. The maximum Gasteiger partial charge on any atom is 0.317 e. The van der Waals surface area contributed by atoms with Crippen LogP contribution in [0.4, 0.5) is 4.79 Å². The molecule has 2 N–H and O–H groups in total. The first kappa shape index (κ1) is 14.4. The highest BCUT2D eigenvalue weighted by Crippen LogP contribution is 2.13. The molecule has 0 atom stereocenters. The predicted molar refractivity (Wildman–Crippen MR) is 82.6 cm³/mol. The van der Waals surface area contributed by atoms with Crippen molar-refractivity contribution in [2.45, 2.75) is 6.92 Å². The summed E-state index contributed by atoms with van der Waals surface area (Å²) >= 11 is 0. The standard InChI is InChI=1S/C15H19N5O2/c1-2-16-15(22)20-9-7-19(8-10-20)14(21)12-4-3-11-5-6-17-13(11)18-12/h3-6H,2,7-10H2,1H3,(H,16,22)(H,17,18). The summed E-state index contributed by atoms with van der Waals surface area (Å²) in [4.78, 5) is 35.1. The number of hydrogen-bond donors (Lipinski definition) is 2. The summed E-state index contributed by atoms with van der Waals surface area (Å²) < 4.78 is 0. The maximum atomic E-state index is 12.5. The summed E-state index contributed by atoms with van der Waals surface area (Å²) in [6.07, 6.45) is 1.80. The fourth-order valence-corrected chi connectivity index (χ4v) is 2.59. The Balaban J connectivity index is 1.65. The van der Waals surface area contributed by atoms with Crippen LogP contribution in [0.5, 0.6) is 0 Å². The van der Waals surface area contributed by atoms with E-state index in [-0.39, 0.29) is 11.9 Å². The van der Waals surface area contributed by atoms with Crippen molar-refractivity contribution in [3.63, 3.8) is 0 Å². The third kappa shape index (κ3) is 2.74. The topological polar surface area (TPSA) is 81.3 Å². The second-order valence-corrected chi connectivity index (χ2v) is 5.23. The van der Waals surface area contributed by atoms with Crippen molar-refractivity contribution in [1.29, 1.82) is 0 Å². The zero-order valence-electron chi connectivity index (χ0n) is 12.5. The van der Waals surface area contributed by atoms with E-state index in [0.29, 0.717) is 44.1 Å². The minimum Gasteiger partial charge on any atom is -0.346 e. The molecular weight excluding hydrogens is 282 g/mol. The van der Waals surface area contributed by atoms with Gasteiger partial charge in [0.25, 0.3) is 5.91 Å². The lowest BCUT2D eigenvalue weighted by molar-refractivity contribution is 0.0660. The summed E-state index contributed by atoms with van der Waals surface area (Å²) in [5, 5.41) is 3.76. The highest BCUT2D eigenvalue weighted by atomic mass is 16.2. The first-order valence-corrected chi connectivity index (χ1v) is 7.45. The molecule has 0 spiro atoms. The summed E-state index contributed by atoms with van der Waals surface area (Å²) in [5.74, 6) is -0.0907. The van der Waals surface area contributed by atoms with Gasteiger partial charge in [-0.3, -0.25) is 4.79 Å². The summed E-state index contributed by atoms with van der Waals surface area (Å²) in [6.45, 7) is 4.64. The molecule has 1 aliphatic rings. The minimum absolute atomic E-state index is 0.0690. The van der Waals surface area contributed by atoms with Crippen LogP contribution in [-0.2, 0) is 0 Å². The fourth-order valence-electron chi connectivity index (χ4n) is 2.59. The van der Waals surface area contributed by atoms with Crippen LogP contribution in [0.15, 0.2) is 24.4 Å². The zero-order valence-corrected chi connectivity index (χ0v) is 12.5. The largest absolute Gasteiger partial charge is 0.346 e. The van der Waals surface area contributed by atoms with Gasteiger partial charge in [0.2, 0.25) is 0 Å². The first-order chi connectivity index (χ1) is 10.7. The normalized spacial score (nSPS) is 15.1. The van der Waals surface area contributed by atoms with Crippen LogP contribution in [-0.4, -0.2) is 64.4 Å². The molecule has 22 heavy (non-hydrogen) atoms. The van der Waals surface area contributed by atoms with Gasteiger partial charge < -0.3 is 20.1 Å². The van der Waals surface area contributed by atoms with E-state index in [9.17, 15) is 9.59 Å². The lowest BCUT2D eigenvalue weighted by Gasteiger charge is -2.34. The Morgan fingerprint density at radius 3 is 2.64 bits per heavy atom. The quantitative estimate of drug-likeness (QED) is 0.870. The Labute approximate surface area is 128 Å². The van der Waals surface area contributed by atoms with Crippen LogP contribution < -0.4 is 5.32 Å². The molecule has 0 saturated carbocycles. The Morgan fingerprint density at radius 2 is 1.91 bits per heavy atom. The van der Waals surface area contributed by atoms with E-state index in [1.165, 1.54) is 0 Å². The number of H-pyrrole nitrogens is 1. The smallest absolute Gasteiger partial charge is 0.317 e. The van der Waals surface area contributed by atoms with Crippen molar-refractivity contribution in [2.75, 3.05) is 32.7 Å². The molecule has 0 aliphatic carbocycles. The van der Waals surface area contributed by atoms with Gasteiger partial charge in [-0.2, -0.15) is 0 Å². The molecule has 7 heteroatoms. The molecule has 2 aromatic heterocycles. The van der Waals surface area contributed by atoms with Crippen molar-refractivity contribution in [3.05, 3.63) is 30.1 Å². The second-order valence-electron chi connectivity index (χ2n) is 5.23. The SMILES string of the molecule is CCNC(=O)N1CCN(C(=O)c2ccc3cc[nH]c3n2)CC1. The molecule has 116 valence electrons. The number of urea groups is 1. The molecule has 0 unspecified atom stereocenters. The molecule has 3 heterocycles. The van der Waals surface area contributed by atoms with Gasteiger partial charge in [-0.05, 0) is 25.1 Å². The van der Waals surface area contributed by atoms with Crippen molar-refractivity contribution in [3.8, 4) is 0 Å². The van der Waals surface area contributed by atoms with Gasteiger partial charge in [0, 0.05) is 44.3 Å². The lowest BCUT2D eigenvalue weighted by atomic mass is 10.2. The number of nitrogens with one attached hydrogen (secondary N) is 2. The second kappa shape index (κ2) is 6.05. The number of aromatic nitrogens is 2. The van der Waals surface area contributed by atoms with Crippen molar-refractivity contribution in [1.82, 2.24) is 25.1 Å². The number of hydrogen-bond acceptors (Lipinski definition) is 3. The molecule has 7 nitrogen and oxygen atoms in total. The van der Waals surface area contributed by atoms with E-state index in [0.717, 1.165) is 5.39 Å². The van der Waals surface area contributed by atoms with Crippen LogP contribution in [0.25, 0.3) is 11.0 Å². The van der Waals surface area contributed by atoms with Gasteiger partial charge >= 0.3 is 6.03 Å². The van der Waals surface area contributed by atoms with Gasteiger partial charge in [-0.1, -0.05) is 0 Å². The van der Waals surface area contributed by atoms with Gasteiger partial charge in [0.1, 0.15) is 11.3 Å². The van der Waals surface area contributed by atoms with Gasteiger partial charge in [-0.15, -0.1) is 0 Å². The number of carbonyl (C=O) groups is 2. The molecule has 0 radical (unpaired) electrons. The number of rotatable bonds is 2. The average molecular weight is 301 g/mol. The molecule has 1 saturated heterocycles. The number of piperazine rings is 1. The van der Waals surface area contributed by atoms with E-state index in [1.807, 2.05) is 19.1 Å². The number of amides is 3.